The van der Waals surface area contributed by atoms with E-state index in [4.69, 9.17) is 6.42 Å². The van der Waals surface area contributed by atoms with Crippen molar-refractivity contribution < 1.29 is 4.79 Å². The molecule has 4 heteroatoms. The first-order valence-corrected chi connectivity index (χ1v) is 5.72. The first-order chi connectivity index (χ1) is 8.20. The van der Waals surface area contributed by atoms with Crippen LogP contribution in [0.15, 0.2) is 12.4 Å². The average Bonchev–Trinajstić information content (AvgIpc) is 3.13. The minimum atomic E-state index is -0.123. The summed E-state index contributed by atoms with van der Waals surface area (Å²) in [6.07, 6.45) is 10.8. The molecule has 1 aromatic rings. The highest BCUT2D eigenvalue weighted by atomic mass is 16.2. The highest BCUT2D eigenvalue weighted by Crippen LogP contribution is 2.29. The minimum absolute atomic E-state index is 0.123. The van der Waals surface area contributed by atoms with Crippen LogP contribution in [0.3, 0.4) is 0 Å². The van der Waals surface area contributed by atoms with E-state index in [1.807, 2.05) is 6.92 Å². The van der Waals surface area contributed by atoms with Gasteiger partial charge < -0.3 is 4.90 Å². The summed E-state index contributed by atoms with van der Waals surface area (Å²) in [6, 6.07) is 0. The van der Waals surface area contributed by atoms with Crippen molar-refractivity contribution >= 4 is 5.91 Å². The summed E-state index contributed by atoms with van der Waals surface area (Å²) < 4.78 is 0. The van der Waals surface area contributed by atoms with Crippen molar-refractivity contribution in [2.75, 3.05) is 13.1 Å². The Morgan fingerprint density at radius 3 is 2.82 bits per heavy atom. The van der Waals surface area contributed by atoms with Crippen LogP contribution in [-0.2, 0) is 0 Å². The molecule has 1 amide bonds. The summed E-state index contributed by atoms with van der Waals surface area (Å²) >= 11 is 0. The third kappa shape index (κ3) is 3.04. The molecule has 0 saturated heterocycles. The lowest BCUT2D eigenvalue weighted by atomic mass is 10.3. The van der Waals surface area contributed by atoms with Crippen LogP contribution in [0.2, 0.25) is 0 Å². The molecule has 88 valence electrons. The number of aryl methyl sites for hydroxylation is 1. The van der Waals surface area contributed by atoms with Gasteiger partial charge in [-0.3, -0.25) is 9.78 Å². The maximum Gasteiger partial charge on any atom is 0.274 e. The lowest BCUT2D eigenvalue weighted by Gasteiger charge is -2.19. The molecule has 17 heavy (non-hydrogen) atoms. The molecule has 0 unspecified atom stereocenters. The molecule has 1 aliphatic carbocycles. The Hall–Kier alpha value is -1.89. The Morgan fingerprint density at radius 1 is 1.53 bits per heavy atom. The van der Waals surface area contributed by atoms with E-state index in [1.165, 1.54) is 19.0 Å². The van der Waals surface area contributed by atoms with Gasteiger partial charge in [0.1, 0.15) is 5.69 Å². The second-order valence-electron chi connectivity index (χ2n) is 4.38. The van der Waals surface area contributed by atoms with Gasteiger partial charge in [0.2, 0.25) is 0 Å². The summed E-state index contributed by atoms with van der Waals surface area (Å²) in [4.78, 5) is 22.0. The van der Waals surface area contributed by atoms with E-state index in [9.17, 15) is 4.79 Å². The van der Waals surface area contributed by atoms with Crippen LogP contribution < -0.4 is 0 Å². The number of amides is 1. The maximum atomic E-state index is 12.1. The van der Waals surface area contributed by atoms with E-state index < -0.39 is 0 Å². The molecule has 0 atom stereocenters. The van der Waals surface area contributed by atoms with E-state index in [-0.39, 0.29) is 5.91 Å². The van der Waals surface area contributed by atoms with Crippen molar-refractivity contribution in [2.24, 2.45) is 5.92 Å². The minimum Gasteiger partial charge on any atom is -0.326 e. The number of carbonyl (C=O) groups is 1. The Balaban J connectivity index is 2.09. The Kier molecular flexibility index (Phi) is 3.38. The van der Waals surface area contributed by atoms with Crippen LogP contribution in [0.4, 0.5) is 0 Å². The lowest BCUT2D eigenvalue weighted by Crippen LogP contribution is -2.34. The third-order valence-electron chi connectivity index (χ3n) is 2.74. The van der Waals surface area contributed by atoms with Crippen LogP contribution >= 0.6 is 0 Å². The lowest BCUT2D eigenvalue weighted by molar-refractivity contribution is 0.0763. The Morgan fingerprint density at radius 2 is 2.29 bits per heavy atom. The number of carbonyl (C=O) groups excluding carboxylic acids is 1. The Bertz CT molecular complexity index is 443. The first kappa shape index (κ1) is 11.6. The van der Waals surface area contributed by atoms with Crippen molar-refractivity contribution in [1.29, 1.82) is 0 Å². The van der Waals surface area contributed by atoms with Gasteiger partial charge >= 0.3 is 0 Å². The molecule has 4 nitrogen and oxygen atoms in total. The highest BCUT2D eigenvalue weighted by molar-refractivity contribution is 5.92. The average molecular weight is 229 g/mol. The van der Waals surface area contributed by atoms with Crippen LogP contribution in [0.5, 0.6) is 0 Å². The molecule has 1 heterocycles. The van der Waals surface area contributed by atoms with E-state index in [0.717, 1.165) is 12.2 Å². The number of hydrogen-bond donors (Lipinski definition) is 0. The second kappa shape index (κ2) is 4.96. The monoisotopic (exact) mass is 229 g/mol. The fourth-order valence-electron chi connectivity index (χ4n) is 1.61. The highest BCUT2D eigenvalue weighted by Gasteiger charge is 2.27. The van der Waals surface area contributed by atoms with Crippen LogP contribution in [0, 0.1) is 25.2 Å². The van der Waals surface area contributed by atoms with Gasteiger partial charge in [0.15, 0.2) is 0 Å². The molecule has 0 spiro atoms. The summed E-state index contributed by atoms with van der Waals surface area (Å²) in [5.74, 6) is 3.01. The SMILES string of the molecule is C#CCN(CC1CC1)C(=O)c1cnc(C)cn1. The summed E-state index contributed by atoms with van der Waals surface area (Å²) in [5.41, 5.74) is 1.17. The smallest absolute Gasteiger partial charge is 0.274 e. The summed E-state index contributed by atoms with van der Waals surface area (Å²) in [6.45, 7) is 2.91. The second-order valence-corrected chi connectivity index (χ2v) is 4.38. The van der Waals surface area contributed by atoms with E-state index in [1.54, 1.807) is 11.1 Å². The van der Waals surface area contributed by atoms with Crippen LogP contribution in [0.25, 0.3) is 0 Å². The fraction of sp³-hybridized carbons (Fsp3) is 0.462. The molecule has 0 aliphatic heterocycles. The zero-order valence-corrected chi connectivity index (χ0v) is 9.89. The zero-order valence-electron chi connectivity index (χ0n) is 9.89. The normalized spacial score (nSPS) is 14.1. The number of nitrogens with zero attached hydrogens (tertiary/aromatic N) is 3. The summed E-state index contributed by atoms with van der Waals surface area (Å²) in [7, 11) is 0. The van der Waals surface area contributed by atoms with Gasteiger partial charge in [0.05, 0.1) is 18.4 Å². The molecule has 1 fully saturated rings. The largest absolute Gasteiger partial charge is 0.326 e. The van der Waals surface area contributed by atoms with Gasteiger partial charge in [-0.1, -0.05) is 5.92 Å². The molecule has 1 aromatic heterocycles. The fourth-order valence-corrected chi connectivity index (χ4v) is 1.61. The van der Waals surface area contributed by atoms with Crippen molar-refractivity contribution in [3.05, 3.63) is 23.8 Å². The van der Waals surface area contributed by atoms with Gasteiger partial charge in [0.25, 0.3) is 5.91 Å². The molecule has 2 rings (SSSR count). The van der Waals surface area contributed by atoms with Gasteiger partial charge in [-0.2, -0.15) is 0 Å². The molecular formula is C13H15N3O. The third-order valence-corrected chi connectivity index (χ3v) is 2.74. The van der Waals surface area contributed by atoms with Crippen LogP contribution in [0.1, 0.15) is 29.0 Å². The van der Waals surface area contributed by atoms with E-state index >= 15 is 0 Å². The van der Waals surface area contributed by atoms with E-state index in [0.29, 0.717) is 18.2 Å². The first-order valence-electron chi connectivity index (χ1n) is 5.72. The number of rotatable bonds is 4. The van der Waals surface area contributed by atoms with Crippen LogP contribution in [-0.4, -0.2) is 33.9 Å². The number of aromatic nitrogens is 2. The van der Waals surface area contributed by atoms with Gasteiger partial charge in [-0.05, 0) is 25.7 Å². The molecule has 0 N–H and O–H groups in total. The molecular weight excluding hydrogens is 214 g/mol. The molecule has 0 radical (unpaired) electrons. The number of hydrogen-bond acceptors (Lipinski definition) is 3. The van der Waals surface area contributed by atoms with Gasteiger partial charge in [-0.15, -0.1) is 6.42 Å². The van der Waals surface area contributed by atoms with E-state index in [2.05, 4.69) is 15.9 Å². The standard InChI is InChI=1S/C13H15N3O/c1-3-6-16(9-11-4-5-11)13(17)12-8-14-10(2)7-15-12/h1,7-8,11H,4-6,9H2,2H3. The van der Waals surface area contributed by atoms with Crippen molar-refractivity contribution in [1.82, 2.24) is 14.9 Å². The molecule has 1 aliphatic rings. The number of terminal acetylenes is 1. The van der Waals surface area contributed by atoms with Crippen molar-refractivity contribution in [2.45, 2.75) is 19.8 Å². The zero-order chi connectivity index (χ0) is 12.3. The van der Waals surface area contributed by atoms with Crippen molar-refractivity contribution in [3.63, 3.8) is 0 Å². The molecule has 0 aromatic carbocycles. The molecule has 1 saturated carbocycles. The predicted molar refractivity (Wildman–Crippen MR) is 64.2 cm³/mol. The predicted octanol–water partition coefficient (Wildman–Crippen LogP) is 1.27. The quantitative estimate of drug-likeness (QED) is 0.730. The van der Waals surface area contributed by atoms with Crippen molar-refractivity contribution in [3.8, 4) is 12.3 Å². The summed E-state index contributed by atoms with van der Waals surface area (Å²) in [5, 5.41) is 0. The molecule has 0 bridgehead atoms. The van der Waals surface area contributed by atoms with Gasteiger partial charge in [0, 0.05) is 12.7 Å². The topological polar surface area (TPSA) is 46.1 Å². The van der Waals surface area contributed by atoms with Gasteiger partial charge in [-0.25, -0.2) is 4.98 Å². The Labute approximate surface area is 101 Å². The maximum absolute atomic E-state index is 12.1.